The van der Waals surface area contributed by atoms with E-state index < -0.39 is 6.29 Å². The highest BCUT2D eigenvalue weighted by molar-refractivity contribution is 5.23. The molecule has 0 aromatic rings. The number of allylic oxidation sites excluding steroid dienone is 3. The van der Waals surface area contributed by atoms with Gasteiger partial charge in [-0.3, -0.25) is 0 Å². The SMILES string of the molecule is C=[O+]C1=CC=C(C(O)OCCCCCC)CC1. The van der Waals surface area contributed by atoms with Crippen LogP contribution in [0.25, 0.3) is 0 Å². The summed E-state index contributed by atoms with van der Waals surface area (Å²) in [6, 6.07) is 0. The molecule has 1 unspecified atom stereocenters. The normalized spacial score (nSPS) is 17.3. The van der Waals surface area contributed by atoms with Gasteiger partial charge in [0.05, 0.1) is 13.0 Å². The first-order valence-corrected chi connectivity index (χ1v) is 6.39. The number of rotatable bonds is 8. The molecule has 1 aliphatic rings. The molecule has 0 aliphatic heterocycles. The Labute approximate surface area is 103 Å². The first-order valence-electron chi connectivity index (χ1n) is 6.39. The molecule has 0 saturated heterocycles. The van der Waals surface area contributed by atoms with Crippen molar-refractivity contribution < 1.29 is 14.3 Å². The van der Waals surface area contributed by atoms with Gasteiger partial charge in [0.2, 0.25) is 0 Å². The second-order valence-corrected chi connectivity index (χ2v) is 4.30. The zero-order chi connectivity index (χ0) is 12.5. The lowest BCUT2D eigenvalue weighted by atomic mass is 10.0. The minimum atomic E-state index is -0.765. The molecule has 1 aliphatic carbocycles. The first kappa shape index (κ1) is 14.1. The molecule has 96 valence electrons. The number of aliphatic hydroxyl groups excluding tert-OH is 1. The van der Waals surface area contributed by atoms with Crippen LogP contribution in [-0.4, -0.2) is 24.8 Å². The molecule has 0 aromatic carbocycles. The van der Waals surface area contributed by atoms with Gasteiger partial charge < -0.3 is 9.84 Å². The van der Waals surface area contributed by atoms with Crippen LogP contribution in [0.4, 0.5) is 0 Å². The van der Waals surface area contributed by atoms with E-state index in [0.29, 0.717) is 6.61 Å². The molecule has 3 heteroatoms. The van der Waals surface area contributed by atoms with E-state index in [4.69, 9.17) is 9.16 Å². The van der Waals surface area contributed by atoms with E-state index >= 15 is 0 Å². The van der Waals surface area contributed by atoms with E-state index in [0.717, 1.165) is 30.6 Å². The smallest absolute Gasteiger partial charge is 0.328 e. The van der Waals surface area contributed by atoms with Crippen LogP contribution in [0.1, 0.15) is 45.4 Å². The van der Waals surface area contributed by atoms with Crippen LogP contribution in [0, 0.1) is 0 Å². The summed E-state index contributed by atoms with van der Waals surface area (Å²) in [5.41, 5.74) is 0.918. The summed E-state index contributed by atoms with van der Waals surface area (Å²) in [4.78, 5) is 0. The van der Waals surface area contributed by atoms with Crippen molar-refractivity contribution in [3.05, 3.63) is 23.5 Å². The van der Waals surface area contributed by atoms with E-state index in [1.54, 1.807) is 0 Å². The fourth-order valence-corrected chi connectivity index (χ4v) is 1.79. The second-order valence-electron chi connectivity index (χ2n) is 4.30. The molecule has 0 spiro atoms. The van der Waals surface area contributed by atoms with Crippen LogP contribution in [0.3, 0.4) is 0 Å². The molecule has 1 N–H and O–H groups in total. The van der Waals surface area contributed by atoms with Crippen molar-refractivity contribution in [3.63, 3.8) is 0 Å². The second kappa shape index (κ2) is 8.20. The summed E-state index contributed by atoms with van der Waals surface area (Å²) in [6.45, 7) is 6.17. The summed E-state index contributed by atoms with van der Waals surface area (Å²) < 4.78 is 10.3. The molecule has 3 nitrogen and oxygen atoms in total. The van der Waals surface area contributed by atoms with Gasteiger partial charge in [0.15, 0.2) is 6.29 Å². The lowest BCUT2D eigenvalue weighted by Crippen LogP contribution is -2.17. The zero-order valence-electron chi connectivity index (χ0n) is 10.7. The maximum absolute atomic E-state index is 9.81. The third kappa shape index (κ3) is 5.29. The molecular formula is C14H23O3+. The summed E-state index contributed by atoms with van der Waals surface area (Å²) in [5.74, 6) is 0.851. The minimum absolute atomic E-state index is 0.626. The van der Waals surface area contributed by atoms with E-state index in [2.05, 4.69) is 13.7 Å². The fraction of sp³-hybridized carbons (Fsp3) is 0.643. The van der Waals surface area contributed by atoms with Crippen molar-refractivity contribution in [1.82, 2.24) is 0 Å². The predicted molar refractivity (Wildman–Crippen MR) is 68.6 cm³/mol. The Hall–Kier alpha value is -0.930. The summed E-state index contributed by atoms with van der Waals surface area (Å²) >= 11 is 0. The van der Waals surface area contributed by atoms with Gasteiger partial charge in [0, 0.05) is 6.08 Å². The van der Waals surface area contributed by atoms with Gasteiger partial charge in [0.25, 0.3) is 6.79 Å². The highest BCUT2D eigenvalue weighted by Gasteiger charge is 2.18. The third-order valence-corrected chi connectivity index (χ3v) is 2.92. The van der Waals surface area contributed by atoms with Crippen LogP contribution >= 0.6 is 0 Å². The molecule has 1 rings (SSSR count). The van der Waals surface area contributed by atoms with E-state index in [1.165, 1.54) is 19.3 Å². The van der Waals surface area contributed by atoms with Gasteiger partial charge in [-0.1, -0.05) is 26.2 Å². The molecule has 0 radical (unpaired) electrons. The van der Waals surface area contributed by atoms with Crippen molar-refractivity contribution in [2.75, 3.05) is 6.61 Å². The van der Waals surface area contributed by atoms with Crippen molar-refractivity contribution in [1.29, 1.82) is 0 Å². The monoisotopic (exact) mass is 239 g/mol. The number of ether oxygens (including phenoxy) is 1. The van der Waals surface area contributed by atoms with Gasteiger partial charge in [0.1, 0.15) is 0 Å². The molecule has 17 heavy (non-hydrogen) atoms. The first-order chi connectivity index (χ1) is 8.27. The number of carbonyl (C=O) groups excluding carboxylic acids is 1. The van der Waals surface area contributed by atoms with Gasteiger partial charge >= 0.3 is 5.76 Å². The Morgan fingerprint density at radius 3 is 2.76 bits per heavy atom. The quantitative estimate of drug-likeness (QED) is 0.402. The number of unbranched alkanes of at least 4 members (excludes halogenated alkanes) is 3. The molecule has 0 heterocycles. The Bertz CT molecular complexity index is 292. The van der Waals surface area contributed by atoms with Crippen molar-refractivity contribution in [2.24, 2.45) is 0 Å². The maximum Gasteiger partial charge on any atom is 0.328 e. The largest absolute Gasteiger partial charge is 0.364 e. The fourth-order valence-electron chi connectivity index (χ4n) is 1.79. The van der Waals surface area contributed by atoms with Gasteiger partial charge in [-0.05, 0) is 24.5 Å². The van der Waals surface area contributed by atoms with Gasteiger partial charge in [-0.15, -0.1) is 0 Å². The molecule has 0 saturated carbocycles. The summed E-state index contributed by atoms with van der Waals surface area (Å²) in [6.07, 6.45) is 9.13. The average Bonchev–Trinajstić information content (AvgIpc) is 2.38. The van der Waals surface area contributed by atoms with E-state index in [1.807, 2.05) is 12.2 Å². The lowest BCUT2D eigenvalue weighted by Gasteiger charge is -2.16. The number of hydrogen-bond donors (Lipinski definition) is 1. The maximum atomic E-state index is 9.81. The number of hydrogen-bond acceptors (Lipinski definition) is 2. The Kier molecular flexibility index (Phi) is 6.82. The molecule has 0 bridgehead atoms. The van der Waals surface area contributed by atoms with Crippen LogP contribution in [-0.2, 0) is 9.16 Å². The van der Waals surface area contributed by atoms with Crippen LogP contribution < -0.4 is 0 Å². The lowest BCUT2D eigenvalue weighted by molar-refractivity contribution is -0.390. The van der Waals surface area contributed by atoms with Gasteiger partial charge in [-0.2, -0.15) is 0 Å². The van der Waals surface area contributed by atoms with E-state index in [9.17, 15) is 5.11 Å². The predicted octanol–water partition coefficient (Wildman–Crippen LogP) is 2.87. The molecule has 0 amide bonds. The molecule has 0 fully saturated rings. The Morgan fingerprint density at radius 1 is 1.35 bits per heavy atom. The Balaban J connectivity index is 2.24. The summed E-state index contributed by atoms with van der Waals surface area (Å²) in [7, 11) is 0. The van der Waals surface area contributed by atoms with Crippen LogP contribution in [0.15, 0.2) is 23.5 Å². The molecule has 1 atom stereocenters. The topological polar surface area (TPSA) is 40.8 Å². The zero-order valence-corrected chi connectivity index (χ0v) is 10.7. The van der Waals surface area contributed by atoms with Crippen molar-refractivity contribution in [3.8, 4) is 0 Å². The van der Waals surface area contributed by atoms with Crippen LogP contribution in [0.5, 0.6) is 0 Å². The van der Waals surface area contributed by atoms with Crippen molar-refractivity contribution >= 4 is 6.79 Å². The van der Waals surface area contributed by atoms with Gasteiger partial charge in [-0.25, -0.2) is 4.42 Å². The third-order valence-electron chi connectivity index (χ3n) is 2.92. The number of aliphatic hydroxyl groups is 1. The van der Waals surface area contributed by atoms with E-state index in [-0.39, 0.29) is 0 Å². The summed E-state index contributed by atoms with van der Waals surface area (Å²) in [5, 5.41) is 9.81. The highest BCUT2D eigenvalue weighted by atomic mass is 16.6. The highest BCUT2D eigenvalue weighted by Crippen LogP contribution is 2.20. The molecular weight excluding hydrogens is 216 g/mol. The standard InChI is InChI=1S/C14H23O3/c1-3-4-5-6-11-17-14(15)12-7-9-13(16-2)10-8-12/h7,9,14-15H,2-6,8,10-11H2,1H3/q+1. The Morgan fingerprint density at radius 2 is 2.18 bits per heavy atom. The van der Waals surface area contributed by atoms with Crippen LogP contribution in [0.2, 0.25) is 0 Å². The average molecular weight is 239 g/mol. The van der Waals surface area contributed by atoms with Crippen molar-refractivity contribution in [2.45, 2.75) is 51.7 Å². The molecule has 0 aromatic heterocycles. The minimum Gasteiger partial charge on any atom is -0.364 e.